The van der Waals surface area contributed by atoms with Gasteiger partial charge >= 0.3 is 0 Å². The minimum absolute atomic E-state index is 0.00946. The van der Waals surface area contributed by atoms with Gasteiger partial charge in [0.2, 0.25) is 0 Å². The number of phenols is 2. The monoisotopic (exact) mass is 316 g/mol. The zero-order chi connectivity index (χ0) is 16.4. The average Bonchev–Trinajstić information content (AvgIpc) is 2.55. The van der Waals surface area contributed by atoms with E-state index in [1.54, 1.807) is 36.4 Å². The molecule has 2 N–H and O–H groups in total. The molecule has 2 unspecified atom stereocenters. The Morgan fingerprint density at radius 1 is 1.09 bits per heavy atom. The van der Waals surface area contributed by atoms with Crippen LogP contribution in [0.25, 0.3) is 11.1 Å². The third kappa shape index (κ3) is 3.32. The lowest BCUT2D eigenvalue weighted by Crippen LogP contribution is -2.18. The Hall–Kier alpha value is -2.07. The maximum atomic E-state index is 12.6. The summed E-state index contributed by atoms with van der Waals surface area (Å²) >= 11 is 0. The molecule has 2 aromatic rings. The maximum Gasteiger partial charge on any atom is 0.127 e. The number of hydrogen-bond acceptors (Lipinski definition) is 3. The highest BCUT2D eigenvalue weighted by Crippen LogP contribution is 2.41. The summed E-state index contributed by atoms with van der Waals surface area (Å²) in [5.41, 5.74) is 2.37. The van der Waals surface area contributed by atoms with Crippen molar-refractivity contribution in [2.45, 2.75) is 32.5 Å². The van der Waals surface area contributed by atoms with Crippen molar-refractivity contribution in [2.75, 3.05) is 6.61 Å². The summed E-state index contributed by atoms with van der Waals surface area (Å²) in [5, 5.41) is 20.7. The Morgan fingerprint density at radius 2 is 1.74 bits per heavy atom. The van der Waals surface area contributed by atoms with Crippen LogP contribution in [0.4, 0.5) is 4.39 Å². The van der Waals surface area contributed by atoms with Crippen molar-refractivity contribution in [1.29, 1.82) is 0 Å². The van der Waals surface area contributed by atoms with Crippen molar-refractivity contribution in [3.63, 3.8) is 0 Å². The number of phenolic OH excluding ortho intramolecular Hbond substituents is 2. The van der Waals surface area contributed by atoms with Gasteiger partial charge in [0.1, 0.15) is 18.2 Å². The van der Waals surface area contributed by atoms with Crippen molar-refractivity contribution in [2.24, 2.45) is 5.92 Å². The first-order chi connectivity index (χ1) is 11.1. The van der Waals surface area contributed by atoms with E-state index in [0.29, 0.717) is 29.2 Å². The molecular formula is C19H21FO3. The van der Waals surface area contributed by atoms with E-state index in [-0.39, 0.29) is 17.6 Å². The van der Waals surface area contributed by atoms with E-state index in [9.17, 15) is 14.6 Å². The first kappa shape index (κ1) is 15.8. The van der Waals surface area contributed by atoms with Crippen LogP contribution in [0.1, 0.15) is 37.0 Å². The molecule has 0 aromatic heterocycles. The van der Waals surface area contributed by atoms with Crippen LogP contribution < -0.4 is 0 Å². The average molecular weight is 316 g/mol. The first-order valence-corrected chi connectivity index (χ1v) is 7.91. The highest BCUT2D eigenvalue weighted by Gasteiger charge is 2.23. The van der Waals surface area contributed by atoms with Gasteiger partial charge in [-0.15, -0.1) is 0 Å². The minimum Gasteiger partial charge on any atom is -0.507 e. The molecule has 1 fully saturated rings. The van der Waals surface area contributed by atoms with Crippen LogP contribution in [0.2, 0.25) is 0 Å². The van der Waals surface area contributed by atoms with Gasteiger partial charge in [-0.3, -0.25) is 0 Å². The number of hydrogen-bond donors (Lipinski definition) is 2. The van der Waals surface area contributed by atoms with Crippen LogP contribution in [-0.4, -0.2) is 16.8 Å². The summed E-state index contributed by atoms with van der Waals surface area (Å²) in [4.78, 5) is 0. The van der Waals surface area contributed by atoms with Crippen LogP contribution in [0.5, 0.6) is 11.5 Å². The number of alkyl halides is 1. The van der Waals surface area contributed by atoms with Crippen molar-refractivity contribution < 1.29 is 19.3 Å². The predicted octanol–water partition coefficient (Wildman–Crippen LogP) is 4.72. The van der Waals surface area contributed by atoms with Crippen LogP contribution in [0, 0.1) is 5.92 Å². The SMILES string of the molecule is CC1CCC(c2cc(O)c(-c3ccc(CF)cc3)c(O)c2)OC1. The van der Waals surface area contributed by atoms with Gasteiger partial charge in [0.15, 0.2) is 0 Å². The molecule has 2 atom stereocenters. The van der Waals surface area contributed by atoms with Crippen molar-refractivity contribution in [3.05, 3.63) is 47.5 Å². The highest BCUT2D eigenvalue weighted by molar-refractivity contribution is 5.77. The van der Waals surface area contributed by atoms with Gasteiger partial charge < -0.3 is 14.9 Å². The standard InChI is InChI=1S/C19H21FO3/c1-12-2-7-18(23-11-12)15-8-16(21)19(17(22)9-15)14-5-3-13(10-20)4-6-14/h3-6,8-9,12,18,21-22H,2,7,10-11H2,1H3. The van der Waals surface area contributed by atoms with Crippen LogP contribution in [-0.2, 0) is 11.4 Å². The molecule has 2 aromatic carbocycles. The van der Waals surface area contributed by atoms with Crippen molar-refractivity contribution >= 4 is 0 Å². The summed E-state index contributed by atoms with van der Waals surface area (Å²) in [6.07, 6.45) is 1.86. The fourth-order valence-electron chi connectivity index (χ4n) is 3.02. The van der Waals surface area contributed by atoms with Gasteiger partial charge in [-0.1, -0.05) is 31.2 Å². The molecule has 0 saturated carbocycles. The van der Waals surface area contributed by atoms with Gasteiger partial charge in [0.25, 0.3) is 0 Å². The van der Waals surface area contributed by atoms with Gasteiger partial charge in [0.05, 0.1) is 11.7 Å². The molecule has 0 spiro atoms. The second-order valence-corrected chi connectivity index (χ2v) is 6.27. The van der Waals surface area contributed by atoms with Crippen LogP contribution >= 0.6 is 0 Å². The highest BCUT2D eigenvalue weighted by atomic mass is 19.1. The fourth-order valence-corrected chi connectivity index (χ4v) is 3.02. The Kier molecular flexibility index (Phi) is 4.53. The lowest BCUT2D eigenvalue weighted by atomic mass is 9.93. The zero-order valence-electron chi connectivity index (χ0n) is 13.1. The lowest BCUT2D eigenvalue weighted by Gasteiger charge is -2.27. The minimum atomic E-state index is -0.533. The summed E-state index contributed by atoms with van der Waals surface area (Å²) < 4.78 is 18.4. The molecular weight excluding hydrogens is 295 g/mol. The molecule has 0 amide bonds. The quantitative estimate of drug-likeness (QED) is 0.861. The van der Waals surface area contributed by atoms with E-state index in [4.69, 9.17) is 4.74 Å². The lowest BCUT2D eigenvalue weighted by molar-refractivity contribution is -0.0125. The van der Waals surface area contributed by atoms with E-state index >= 15 is 0 Å². The largest absolute Gasteiger partial charge is 0.507 e. The molecule has 23 heavy (non-hydrogen) atoms. The second-order valence-electron chi connectivity index (χ2n) is 6.27. The van der Waals surface area contributed by atoms with Crippen molar-refractivity contribution in [3.8, 4) is 22.6 Å². The normalized spacial score (nSPS) is 21.3. The molecule has 4 heteroatoms. The summed E-state index contributed by atoms with van der Waals surface area (Å²) in [6, 6.07) is 9.99. The molecule has 0 bridgehead atoms. The molecule has 0 aliphatic carbocycles. The number of halogens is 1. The zero-order valence-corrected chi connectivity index (χ0v) is 13.1. The Balaban J connectivity index is 1.90. The molecule has 3 nitrogen and oxygen atoms in total. The first-order valence-electron chi connectivity index (χ1n) is 7.91. The van der Waals surface area contributed by atoms with E-state index < -0.39 is 6.67 Å². The summed E-state index contributed by atoms with van der Waals surface area (Å²) in [7, 11) is 0. The fraction of sp³-hybridized carbons (Fsp3) is 0.368. The van der Waals surface area contributed by atoms with E-state index in [1.165, 1.54) is 0 Å². The molecule has 1 saturated heterocycles. The van der Waals surface area contributed by atoms with Crippen LogP contribution in [0.3, 0.4) is 0 Å². The van der Waals surface area contributed by atoms with Crippen molar-refractivity contribution in [1.82, 2.24) is 0 Å². The number of rotatable bonds is 3. The van der Waals surface area contributed by atoms with Gasteiger partial charge in [-0.25, -0.2) is 4.39 Å². The molecule has 122 valence electrons. The summed E-state index contributed by atoms with van der Waals surface area (Å²) in [6.45, 7) is 2.31. The molecule has 0 radical (unpaired) electrons. The Labute approximate surface area is 135 Å². The molecule has 3 rings (SSSR count). The second kappa shape index (κ2) is 6.59. The van der Waals surface area contributed by atoms with Gasteiger partial charge in [-0.05, 0) is 47.6 Å². The van der Waals surface area contributed by atoms with Crippen LogP contribution in [0.15, 0.2) is 36.4 Å². The van der Waals surface area contributed by atoms with E-state index in [2.05, 4.69) is 6.92 Å². The van der Waals surface area contributed by atoms with Gasteiger partial charge in [0, 0.05) is 6.61 Å². The predicted molar refractivity (Wildman–Crippen MR) is 87.1 cm³/mol. The third-order valence-corrected chi connectivity index (χ3v) is 4.39. The van der Waals surface area contributed by atoms with Gasteiger partial charge in [-0.2, -0.15) is 0 Å². The Bertz CT molecular complexity index is 651. The smallest absolute Gasteiger partial charge is 0.127 e. The third-order valence-electron chi connectivity index (χ3n) is 4.39. The molecule has 1 aliphatic rings. The van der Waals surface area contributed by atoms with E-state index in [1.807, 2.05) is 0 Å². The molecule has 1 heterocycles. The number of ether oxygens (including phenoxy) is 1. The Morgan fingerprint density at radius 3 is 2.26 bits per heavy atom. The number of benzene rings is 2. The number of aromatic hydroxyl groups is 2. The molecule has 1 aliphatic heterocycles. The summed E-state index contributed by atoms with van der Waals surface area (Å²) in [5.74, 6) is 0.562. The topological polar surface area (TPSA) is 49.7 Å². The maximum absolute atomic E-state index is 12.6. The van der Waals surface area contributed by atoms with E-state index in [0.717, 1.165) is 18.4 Å².